The molecule has 0 fully saturated rings. The van der Waals surface area contributed by atoms with Crippen molar-refractivity contribution in [3.05, 3.63) is 0 Å². The Morgan fingerprint density at radius 1 is 1.08 bits per heavy atom. The highest BCUT2D eigenvalue weighted by Crippen LogP contribution is 2.04. The molecule has 0 saturated heterocycles. The van der Waals surface area contributed by atoms with E-state index in [-0.39, 0.29) is 12.4 Å². The van der Waals surface area contributed by atoms with Gasteiger partial charge in [0.2, 0.25) is 0 Å². The smallest absolute Gasteiger partial charge is 0.181 e. The van der Waals surface area contributed by atoms with Crippen LogP contribution in [0.2, 0.25) is 0 Å². The minimum Gasteiger partial charge on any atom is -0.376 e. The summed E-state index contributed by atoms with van der Waals surface area (Å²) in [5.74, 6) is 0. The average Bonchev–Trinajstić information content (AvgIpc) is 2.14. The summed E-state index contributed by atoms with van der Waals surface area (Å²) >= 11 is 0. The summed E-state index contributed by atoms with van der Waals surface area (Å²) in [6.07, 6.45) is 1.02. The first-order valence-electron chi connectivity index (χ1n) is 5.09. The van der Waals surface area contributed by atoms with Gasteiger partial charge in [0.05, 0.1) is 12.7 Å². The van der Waals surface area contributed by atoms with Crippen LogP contribution < -0.4 is 0 Å². The van der Waals surface area contributed by atoms with Crippen LogP contribution in [0.5, 0.6) is 0 Å². The molecule has 0 aliphatic heterocycles. The first-order valence-corrected chi connectivity index (χ1v) is 5.09. The molecule has 0 aromatic carbocycles. The van der Waals surface area contributed by atoms with E-state index in [1.165, 1.54) is 0 Å². The molecular weight excluding hydrogens is 168 g/mol. The van der Waals surface area contributed by atoms with Crippen molar-refractivity contribution in [3.8, 4) is 0 Å². The van der Waals surface area contributed by atoms with Crippen LogP contribution in [0.3, 0.4) is 0 Å². The maximum absolute atomic E-state index is 5.59. The van der Waals surface area contributed by atoms with Gasteiger partial charge < -0.3 is 14.2 Å². The van der Waals surface area contributed by atoms with E-state index in [4.69, 9.17) is 14.2 Å². The molecule has 0 saturated carbocycles. The molecule has 2 atom stereocenters. The zero-order valence-electron chi connectivity index (χ0n) is 9.21. The number of ether oxygens (including phenoxy) is 3. The predicted molar refractivity (Wildman–Crippen MR) is 52.7 cm³/mol. The fourth-order valence-electron chi connectivity index (χ4n) is 0.882. The molecule has 0 amide bonds. The zero-order chi connectivity index (χ0) is 10.1. The highest BCUT2D eigenvalue weighted by molar-refractivity contribution is 4.49. The van der Waals surface area contributed by atoms with Gasteiger partial charge in [-0.15, -0.1) is 0 Å². The molecule has 0 spiro atoms. The molecule has 80 valence electrons. The van der Waals surface area contributed by atoms with Crippen molar-refractivity contribution in [2.45, 2.75) is 46.5 Å². The van der Waals surface area contributed by atoms with Crippen LogP contribution in [0.15, 0.2) is 0 Å². The van der Waals surface area contributed by atoms with Crippen LogP contribution in [0.4, 0.5) is 0 Å². The molecular formula is C10H22O3. The molecule has 0 aliphatic carbocycles. The van der Waals surface area contributed by atoms with Gasteiger partial charge in [-0.2, -0.15) is 0 Å². The van der Waals surface area contributed by atoms with E-state index in [1.54, 1.807) is 0 Å². The second-order valence-corrected chi connectivity index (χ2v) is 2.90. The normalized spacial score (nSPS) is 15.7. The van der Waals surface area contributed by atoms with Crippen LogP contribution >= 0.6 is 0 Å². The van der Waals surface area contributed by atoms with Crippen molar-refractivity contribution in [2.75, 3.05) is 19.8 Å². The van der Waals surface area contributed by atoms with Gasteiger partial charge in [-0.1, -0.05) is 6.92 Å². The maximum Gasteiger partial charge on any atom is 0.181 e. The quantitative estimate of drug-likeness (QED) is 0.549. The first-order chi connectivity index (χ1) is 6.24. The summed E-state index contributed by atoms with van der Waals surface area (Å²) in [4.78, 5) is 0. The van der Waals surface area contributed by atoms with Crippen molar-refractivity contribution in [3.63, 3.8) is 0 Å². The van der Waals surface area contributed by atoms with Crippen molar-refractivity contribution < 1.29 is 14.2 Å². The van der Waals surface area contributed by atoms with Gasteiger partial charge in [0.15, 0.2) is 6.29 Å². The van der Waals surface area contributed by atoms with Gasteiger partial charge in [0.1, 0.15) is 0 Å². The third-order valence-corrected chi connectivity index (χ3v) is 1.77. The van der Waals surface area contributed by atoms with Gasteiger partial charge in [-0.3, -0.25) is 0 Å². The Labute approximate surface area is 81.4 Å². The van der Waals surface area contributed by atoms with E-state index in [0.717, 1.165) is 6.42 Å². The SMILES string of the molecule is CCOCC(OCC)OC(C)CC. The number of rotatable bonds is 8. The molecule has 0 heterocycles. The Kier molecular flexibility index (Phi) is 8.40. The number of hydrogen-bond acceptors (Lipinski definition) is 3. The van der Waals surface area contributed by atoms with Gasteiger partial charge >= 0.3 is 0 Å². The molecule has 0 radical (unpaired) electrons. The summed E-state index contributed by atoms with van der Waals surface area (Å²) < 4.78 is 16.2. The molecule has 0 rings (SSSR count). The second-order valence-electron chi connectivity index (χ2n) is 2.90. The summed E-state index contributed by atoms with van der Waals surface area (Å²) in [6.45, 7) is 9.94. The Balaban J connectivity index is 3.65. The third kappa shape index (κ3) is 6.99. The standard InChI is InChI=1S/C10H22O3/c1-5-9(4)13-10(12-7-3)8-11-6-2/h9-10H,5-8H2,1-4H3. The molecule has 0 aromatic heterocycles. The summed E-state index contributed by atoms with van der Waals surface area (Å²) in [5.41, 5.74) is 0. The molecule has 0 bridgehead atoms. The summed E-state index contributed by atoms with van der Waals surface area (Å²) in [7, 11) is 0. The molecule has 3 heteroatoms. The van der Waals surface area contributed by atoms with Crippen LogP contribution in [0.1, 0.15) is 34.1 Å². The Bertz CT molecular complexity index is 106. The third-order valence-electron chi connectivity index (χ3n) is 1.77. The van der Waals surface area contributed by atoms with Gasteiger partial charge in [0.25, 0.3) is 0 Å². The van der Waals surface area contributed by atoms with Crippen LogP contribution in [-0.4, -0.2) is 32.2 Å². The lowest BCUT2D eigenvalue weighted by molar-refractivity contribution is -0.190. The molecule has 3 nitrogen and oxygen atoms in total. The van der Waals surface area contributed by atoms with Gasteiger partial charge in [-0.25, -0.2) is 0 Å². The number of hydrogen-bond donors (Lipinski definition) is 0. The largest absolute Gasteiger partial charge is 0.376 e. The van der Waals surface area contributed by atoms with Gasteiger partial charge in [0, 0.05) is 13.2 Å². The maximum atomic E-state index is 5.59. The van der Waals surface area contributed by atoms with Crippen LogP contribution in [0, 0.1) is 0 Å². The van der Waals surface area contributed by atoms with Crippen molar-refractivity contribution >= 4 is 0 Å². The lowest BCUT2D eigenvalue weighted by atomic mass is 10.3. The predicted octanol–water partition coefficient (Wildman–Crippen LogP) is 2.20. The minimum atomic E-state index is -0.208. The molecule has 0 aliphatic rings. The molecule has 13 heavy (non-hydrogen) atoms. The molecule has 0 N–H and O–H groups in total. The Hall–Kier alpha value is -0.120. The average molecular weight is 190 g/mol. The lowest BCUT2D eigenvalue weighted by Gasteiger charge is -2.21. The van der Waals surface area contributed by atoms with Crippen LogP contribution in [-0.2, 0) is 14.2 Å². The highest BCUT2D eigenvalue weighted by Gasteiger charge is 2.11. The topological polar surface area (TPSA) is 27.7 Å². The Morgan fingerprint density at radius 2 is 1.77 bits per heavy atom. The van der Waals surface area contributed by atoms with E-state index >= 15 is 0 Å². The van der Waals surface area contributed by atoms with E-state index in [0.29, 0.717) is 19.8 Å². The van der Waals surface area contributed by atoms with Crippen molar-refractivity contribution in [1.82, 2.24) is 0 Å². The minimum absolute atomic E-state index is 0.208. The second kappa shape index (κ2) is 8.48. The van der Waals surface area contributed by atoms with Crippen LogP contribution in [0.25, 0.3) is 0 Å². The highest BCUT2D eigenvalue weighted by atomic mass is 16.7. The summed E-state index contributed by atoms with van der Waals surface area (Å²) in [5, 5.41) is 0. The summed E-state index contributed by atoms with van der Waals surface area (Å²) in [6, 6.07) is 0. The van der Waals surface area contributed by atoms with Crippen molar-refractivity contribution in [1.29, 1.82) is 0 Å². The fraction of sp³-hybridized carbons (Fsp3) is 1.00. The Morgan fingerprint density at radius 3 is 2.23 bits per heavy atom. The molecule has 2 unspecified atom stereocenters. The fourth-order valence-corrected chi connectivity index (χ4v) is 0.882. The monoisotopic (exact) mass is 190 g/mol. The lowest BCUT2D eigenvalue weighted by Crippen LogP contribution is -2.27. The zero-order valence-corrected chi connectivity index (χ0v) is 9.21. The van der Waals surface area contributed by atoms with Gasteiger partial charge in [-0.05, 0) is 27.2 Å². The van der Waals surface area contributed by atoms with E-state index < -0.39 is 0 Å². The van der Waals surface area contributed by atoms with Crippen molar-refractivity contribution in [2.24, 2.45) is 0 Å². The van der Waals surface area contributed by atoms with E-state index in [1.807, 2.05) is 20.8 Å². The van der Waals surface area contributed by atoms with E-state index in [2.05, 4.69) is 6.92 Å². The van der Waals surface area contributed by atoms with E-state index in [9.17, 15) is 0 Å². The molecule has 0 aromatic rings. The first kappa shape index (κ1) is 12.9.